The molecule has 0 aliphatic rings. The topological polar surface area (TPSA) is 36.4 Å². The van der Waals surface area contributed by atoms with Crippen LogP contribution in [-0.4, -0.2) is 18.4 Å². The van der Waals surface area contributed by atoms with Gasteiger partial charge in [-0.3, -0.25) is 5.43 Å². The Labute approximate surface area is 90.8 Å². The van der Waals surface area contributed by atoms with E-state index >= 15 is 0 Å². The Morgan fingerprint density at radius 2 is 2.46 bits per heavy atom. The normalized spacial score (nSPS) is 10.3. The molecule has 1 rings (SSSR count). The van der Waals surface area contributed by atoms with Crippen molar-refractivity contribution in [2.75, 3.05) is 7.05 Å². The van der Waals surface area contributed by atoms with Crippen molar-refractivity contribution < 1.29 is 0 Å². The van der Waals surface area contributed by atoms with Crippen LogP contribution in [0.1, 0.15) is 5.56 Å². The van der Waals surface area contributed by atoms with E-state index in [0.717, 1.165) is 5.56 Å². The Balaban J connectivity index is 2.50. The molecule has 0 saturated carbocycles. The third-order valence-corrected chi connectivity index (χ3v) is 2.75. The summed E-state index contributed by atoms with van der Waals surface area (Å²) in [5.41, 5.74) is 3.52. The number of hydrogen-bond acceptors (Lipinski definition) is 3. The molecule has 0 fully saturated rings. The highest BCUT2D eigenvalue weighted by Crippen LogP contribution is 2.18. The number of hydrazone groups is 1. The number of halogens is 1. The lowest BCUT2D eigenvalue weighted by molar-refractivity contribution is 0.982. The molecule has 0 saturated heterocycles. The van der Waals surface area contributed by atoms with E-state index in [0.29, 0.717) is 10.1 Å². The lowest BCUT2D eigenvalue weighted by Gasteiger charge is -1.98. The first-order valence-corrected chi connectivity index (χ1v) is 5.19. The standard InChI is InChI=1S/C7H8ClN3S2/c1-9-7(12)11-10-2-5-3-13-4-6(5)8/h2-4H,1H3,(H2,9,11,12)/b10-2+. The van der Waals surface area contributed by atoms with Gasteiger partial charge in [-0.1, -0.05) is 11.6 Å². The SMILES string of the molecule is CNC(=S)N/N=C/c1cscc1Cl. The Morgan fingerprint density at radius 1 is 1.69 bits per heavy atom. The third kappa shape index (κ3) is 3.30. The van der Waals surface area contributed by atoms with Gasteiger partial charge in [-0.25, -0.2) is 0 Å². The minimum Gasteiger partial charge on any atom is -0.364 e. The van der Waals surface area contributed by atoms with Crippen LogP contribution in [0, 0.1) is 0 Å². The van der Waals surface area contributed by atoms with E-state index in [-0.39, 0.29) is 0 Å². The van der Waals surface area contributed by atoms with Gasteiger partial charge < -0.3 is 5.32 Å². The molecule has 0 aliphatic carbocycles. The smallest absolute Gasteiger partial charge is 0.186 e. The average Bonchev–Trinajstić information content (AvgIpc) is 2.52. The third-order valence-electron chi connectivity index (χ3n) is 1.24. The molecule has 0 atom stereocenters. The second kappa shape index (κ2) is 5.16. The van der Waals surface area contributed by atoms with Gasteiger partial charge in [-0.05, 0) is 12.2 Å². The number of thiocarbonyl (C=S) groups is 1. The van der Waals surface area contributed by atoms with Crippen molar-refractivity contribution >= 4 is 46.5 Å². The summed E-state index contributed by atoms with van der Waals surface area (Å²) in [5.74, 6) is 0. The molecular weight excluding hydrogens is 226 g/mol. The molecule has 13 heavy (non-hydrogen) atoms. The van der Waals surface area contributed by atoms with Crippen molar-refractivity contribution in [1.29, 1.82) is 0 Å². The zero-order valence-electron chi connectivity index (χ0n) is 6.87. The maximum Gasteiger partial charge on any atom is 0.186 e. The predicted molar refractivity (Wildman–Crippen MR) is 61.7 cm³/mol. The Kier molecular flexibility index (Phi) is 4.14. The summed E-state index contributed by atoms with van der Waals surface area (Å²) >= 11 is 12.2. The van der Waals surface area contributed by atoms with Crippen molar-refractivity contribution in [3.63, 3.8) is 0 Å². The van der Waals surface area contributed by atoms with Crippen molar-refractivity contribution in [1.82, 2.24) is 10.7 Å². The number of nitrogens with zero attached hydrogens (tertiary/aromatic N) is 1. The van der Waals surface area contributed by atoms with Crippen molar-refractivity contribution in [2.45, 2.75) is 0 Å². The lowest BCUT2D eigenvalue weighted by Crippen LogP contribution is -2.28. The van der Waals surface area contributed by atoms with Crippen molar-refractivity contribution in [3.05, 3.63) is 21.3 Å². The molecule has 1 aromatic heterocycles. The molecule has 0 amide bonds. The maximum absolute atomic E-state index is 5.83. The van der Waals surface area contributed by atoms with Gasteiger partial charge in [-0.2, -0.15) is 16.4 Å². The molecule has 0 aromatic carbocycles. The lowest BCUT2D eigenvalue weighted by atomic mass is 10.4. The van der Waals surface area contributed by atoms with Crippen molar-refractivity contribution in [2.24, 2.45) is 5.10 Å². The fourth-order valence-electron chi connectivity index (χ4n) is 0.600. The summed E-state index contributed by atoms with van der Waals surface area (Å²) in [6.45, 7) is 0. The predicted octanol–water partition coefficient (Wildman–Crippen LogP) is 1.83. The van der Waals surface area contributed by atoms with E-state index < -0.39 is 0 Å². The van der Waals surface area contributed by atoms with Gasteiger partial charge in [-0.15, -0.1) is 0 Å². The van der Waals surface area contributed by atoms with E-state index in [9.17, 15) is 0 Å². The van der Waals surface area contributed by atoms with E-state index in [1.54, 1.807) is 13.3 Å². The summed E-state index contributed by atoms with van der Waals surface area (Å²) in [5, 5.41) is 11.6. The zero-order chi connectivity index (χ0) is 9.68. The van der Waals surface area contributed by atoms with Crippen LogP contribution < -0.4 is 10.7 Å². The Bertz CT molecular complexity index is 321. The maximum atomic E-state index is 5.83. The largest absolute Gasteiger partial charge is 0.364 e. The van der Waals surface area contributed by atoms with Crippen molar-refractivity contribution in [3.8, 4) is 0 Å². The highest BCUT2D eigenvalue weighted by molar-refractivity contribution is 7.80. The molecule has 2 N–H and O–H groups in total. The molecule has 1 aromatic rings. The fraction of sp³-hybridized carbons (Fsp3) is 0.143. The van der Waals surface area contributed by atoms with Crippen LogP contribution in [-0.2, 0) is 0 Å². The Morgan fingerprint density at radius 3 is 3.00 bits per heavy atom. The van der Waals surface area contributed by atoms with Crippen LogP contribution in [0.25, 0.3) is 0 Å². The highest BCUT2D eigenvalue weighted by atomic mass is 35.5. The first-order chi connectivity index (χ1) is 6.24. The molecule has 3 nitrogen and oxygen atoms in total. The molecule has 0 bridgehead atoms. The molecule has 0 spiro atoms. The molecule has 0 unspecified atom stereocenters. The van der Waals surface area contributed by atoms with Gasteiger partial charge in [0.05, 0.1) is 11.2 Å². The van der Waals surface area contributed by atoms with Gasteiger partial charge in [0.1, 0.15) is 0 Å². The van der Waals surface area contributed by atoms with Gasteiger partial charge in [0.15, 0.2) is 5.11 Å². The second-order valence-corrected chi connectivity index (χ2v) is 3.68. The molecule has 1 heterocycles. The molecule has 0 radical (unpaired) electrons. The van der Waals surface area contributed by atoms with E-state index in [1.807, 2.05) is 10.8 Å². The zero-order valence-corrected chi connectivity index (χ0v) is 9.26. The van der Waals surface area contributed by atoms with Gasteiger partial charge in [0, 0.05) is 23.4 Å². The average molecular weight is 234 g/mol. The molecule has 0 aliphatic heterocycles. The molecule has 6 heteroatoms. The van der Waals surface area contributed by atoms with E-state index in [4.69, 9.17) is 23.8 Å². The summed E-state index contributed by atoms with van der Waals surface area (Å²) < 4.78 is 0. The van der Waals surface area contributed by atoms with Crippen LogP contribution in [0.2, 0.25) is 5.02 Å². The second-order valence-electron chi connectivity index (χ2n) is 2.12. The summed E-state index contributed by atoms with van der Waals surface area (Å²) in [7, 11) is 1.72. The van der Waals surface area contributed by atoms with Crippen LogP contribution in [0.5, 0.6) is 0 Å². The minimum atomic E-state index is 0.475. The summed E-state index contributed by atoms with van der Waals surface area (Å²) in [6.07, 6.45) is 1.63. The summed E-state index contributed by atoms with van der Waals surface area (Å²) in [4.78, 5) is 0. The number of thiophene rings is 1. The molecule has 70 valence electrons. The monoisotopic (exact) mass is 233 g/mol. The summed E-state index contributed by atoms with van der Waals surface area (Å²) in [6, 6.07) is 0. The number of rotatable bonds is 2. The fourth-order valence-corrected chi connectivity index (χ4v) is 1.63. The highest BCUT2D eigenvalue weighted by Gasteiger charge is 1.96. The number of nitrogens with one attached hydrogen (secondary N) is 2. The van der Waals surface area contributed by atoms with Crippen LogP contribution in [0.15, 0.2) is 15.9 Å². The van der Waals surface area contributed by atoms with Gasteiger partial charge >= 0.3 is 0 Å². The van der Waals surface area contributed by atoms with Crippen LogP contribution in [0.4, 0.5) is 0 Å². The quantitative estimate of drug-likeness (QED) is 0.465. The van der Waals surface area contributed by atoms with Crippen LogP contribution in [0.3, 0.4) is 0 Å². The Hall–Kier alpha value is -0.650. The van der Waals surface area contributed by atoms with Gasteiger partial charge in [0.2, 0.25) is 0 Å². The first kappa shape index (κ1) is 10.4. The minimum absolute atomic E-state index is 0.475. The molecular formula is C7H8ClN3S2. The number of hydrogen-bond donors (Lipinski definition) is 2. The van der Waals surface area contributed by atoms with Gasteiger partial charge in [0.25, 0.3) is 0 Å². The van der Waals surface area contributed by atoms with E-state index in [1.165, 1.54) is 11.3 Å². The first-order valence-electron chi connectivity index (χ1n) is 3.46. The van der Waals surface area contributed by atoms with Crippen LogP contribution >= 0.6 is 35.2 Å². The van der Waals surface area contributed by atoms with E-state index in [2.05, 4.69) is 15.8 Å².